The minimum Gasteiger partial charge on any atom is -0.390 e. The maximum absolute atomic E-state index is 10.5. The molecule has 100 valence electrons. The lowest BCUT2D eigenvalue weighted by Crippen LogP contribution is -2.44. The highest BCUT2D eigenvalue weighted by atomic mass is 16.5. The van der Waals surface area contributed by atoms with E-state index < -0.39 is 0 Å². The summed E-state index contributed by atoms with van der Waals surface area (Å²) in [6.45, 7) is 4.24. The minimum atomic E-state index is -0.304. The fraction of sp³-hybridized carbons (Fsp3) is 1.00. The molecule has 0 spiro atoms. The third kappa shape index (κ3) is 2.39. The lowest BCUT2D eigenvalue weighted by atomic mass is 9.79. The first-order valence-electron chi connectivity index (χ1n) is 7.38. The molecule has 2 bridgehead atoms. The van der Waals surface area contributed by atoms with Gasteiger partial charge in [0.1, 0.15) is 0 Å². The Kier molecular flexibility index (Phi) is 4.14. The number of aliphatic hydroxyl groups is 1. The van der Waals surface area contributed by atoms with Crippen LogP contribution in [0.25, 0.3) is 0 Å². The van der Waals surface area contributed by atoms with E-state index in [1.807, 2.05) is 0 Å². The van der Waals surface area contributed by atoms with E-state index in [1.165, 1.54) is 25.7 Å². The van der Waals surface area contributed by atoms with Crippen LogP contribution in [0.3, 0.4) is 0 Å². The second-order valence-electron chi connectivity index (χ2n) is 6.16. The van der Waals surface area contributed by atoms with E-state index in [4.69, 9.17) is 4.74 Å². The summed E-state index contributed by atoms with van der Waals surface area (Å²) in [6, 6.07) is 0. The molecule has 0 amide bonds. The van der Waals surface area contributed by atoms with Crippen molar-refractivity contribution in [1.82, 2.24) is 0 Å². The van der Waals surface area contributed by atoms with Gasteiger partial charge in [0.2, 0.25) is 0 Å². The van der Waals surface area contributed by atoms with Gasteiger partial charge in [-0.2, -0.15) is 0 Å². The van der Waals surface area contributed by atoms with Crippen molar-refractivity contribution in [1.29, 1.82) is 0 Å². The number of aliphatic hydroxyl groups excluding tert-OH is 1. The second-order valence-corrected chi connectivity index (χ2v) is 6.16. The first-order chi connectivity index (χ1) is 8.15. The zero-order chi connectivity index (χ0) is 12.5. The van der Waals surface area contributed by atoms with E-state index in [2.05, 4.69) is 13.8 Å². The molecule has 0 aromatic rings. The topological polar surface area (TPSA) is 29.5 Å². The molecule has 2 saturated carbocycles. The highest BCUT2D eigenvalue weighted by Crippen LogP contribution is 2.50. The Bertz CT molecular complexity index is 239. The van der Waals surface area contributed by atoms with Gasteiger partial charge in [-0.15, -0.1) is 0 Å². The second kappa shape index (κ2) is 5.27. The fourth-order valence-corrected chi connectivity index (χ4v) is 4.31. The number of ether oxygens (including phenoxy) is 1. The normalized spacial score (nSPS) is 34.2. The van der Waals surface area contributed by atoms with Crippen LogP contribution in [-0.4, -0.2) is 23.9 Å². The quantitative estimate of drug-likeness (QED) is 0.771. The van der Waals surface area contributed by atoms with Crippen LogP contribution in [0.15, 0.2) is 0 Å². The summed E-state index contributed by atoms with van der Waals surface area (Å²) in [4.78, 5) is 0. The maximum atomic E-state index is 10.5. The number of hydrogen-bond donors (Lipinski definition) is 1. The summed E-state index contributed by atoms with van der Waals surface area (Å²) >= 11 is 0. The van der Waals surface area contributed by atoms with Crippen molar-refractivity contribution >= 4 is 0 Å². The number of hydrogen-bond acceptors (Lipinski definition) is 2. The monoisotopic (exact) mass is 240 g/mol. The molecule has 0 aromatic carbocycles. The van der Waals surface area contributed by atoms with Crippen molar-refractivity contribution in [2.24, 2.45) is 17.8 Å². The predicted octanol–water partition coefficient (Wildman–Crippen LogP) is 3.38. The molecule has 2 fully saturated rings. The van der Waals surface area contributed by atoms with E-state index in [9.17, 15) is 5.11 Å². The maximum Gasteiger partial charge on any atom is 0.0931 e. The molecule has 2 aliphatic rings. The lowest BCUT2D eigenvalue weighted by Gasteiger charge is -2.37. The third-order valence-electron chi connectivity index (χ3n) is 5.62. The first-order valence-corrected chi connectivity index (χ1v) is 7.38. The van der Waals surface area contributed by atoms with Crippen LogP contribution in [0.1, 0.15) is 58.8 Å². The van der Waals surface area contributed by atoms with Crippen molar-refractivity contribution in [2.75, 3.05) is 7.11 Å². The Hall–Kier alpha value is -0.0800. The molecule has 1 N–H and O–H groups in total. The Balaban J connectivity index is 1.93. The molecular formula is C15H28O2. The van der Waals surface area contributed by atoms with Gasteiger partial charge in [0, 0.05) is 7.11 Å². The molecule has 2 aliphatic carbocycles. The van der Waals surface area contributed by atoms with Crippen molar-refractivity contribution in [3.05, 3.63) is 0 Å². The van der Waals surface area contributed by atoms with Crippen molar-refractivity contribution in [3.8, 4) is 0 Å². The molecule has 0 aliphatic heterocycles. The lowest BCUT2D eigenvalue weighted by molar-refractivity contribution is -0.116. The van der Waals surface area contributed by atoms with Gasteiger partial charge in [-0.3, -0.25) is 0 Å². The first kappa shape index (κ1) is 13.4. The summed E-state index contributed by atoms with van der Waals surface area (Å²) < 4.78 is 5.64. The van der Waals surface area contributed by atoms with Gasteiger partial charge in [-0.25, -0.2) is 0 Å². The molecule has 0 heterocycles. The SMILES string of the molecule is CCC(CC)(OC)C(O)CC1CC2CCC1C2. The molecule has 0 radical (unpaired) electrons. The van der Waals surface area contributed by atoms with Crippen LogP contribution >= 0.6 is 0 Å². The summed E-state index contributed by atoms with van der Waals surface area (Å²) in [5.41, 5.74) is -0.304. The molecule has 2 rings (SSSR count). The number of fused-ring (bicyclic) bond motifs is 2. The van der Waals surface area contributed by atoms with Gasteiger partial charge in [0.25, 0.3) is 0 Å². The number of rotatable bonds is 6. The summed E-state index contributed by atoms with van der Waals surface area (Å²) in [6.07, 6.45) is 8.10. The average Bonchev–Trinajstić information content (AvgIpc) is 2.94. The molecule has 4 unspecified atom stereocenters. The van der Waals surface area contributed by atoms with Crippen LogP contribution in [0.2, 0.25) is 0 Å². The van der Waals surface area contributed by atoms with Gasteiger partial charge < -0.3 is 9.84 Å². The molecule has 2 nitrogen and oxygen atoms in total. The Morgan fingerprint density at radius 1 is 1.24 bits per heavy atom. The van der Waals surface area contributed by atoms with Crippen LogP contribution in [-0.2, 0) is 4.74 Å². The van der Waals surface area contributed by atoms with Gasteiger partial charge >= 0.3 is 0 Å². The minimum absolute atomic E-state index is 0.285. The molecule has 4 atom stereocenters. The molecule has 0 saturated heterocycles. The van der Waals surface area contributed by atoms with E-state index in [-0.39, 0.29) is 11.7 Å². The van der Waals surface area contributed by atoms with Crippen molar-refractivity contribution < 1.29 is 9.84 Å². The van der Waals surface area contributed by atoms with Crippen LogP contribution in [0, 0.1) is 17.8 Å². The standard InChI is InChI=1S/C15H28O2/c1-4-15(5-2,17-3)14(16)10-13-9-11-6-7-12(13)8-11/h11-14,16H,4-10H2,1-3H3. The van der Waals surface area contributed by atoms with Gasteiger partial charge in [0.15, 0.2) is 0 Å². The fourth-order valence-electron chi connectivity index (χ4n) is 4.31. The number of methoxy groups -OCH3 is 1. The van der Waals surface area contributed by atoms with Crippen molar-refractivity contribution in [3.63, 3.8) is 0 Å². The van der Waals surface area contributed by atoms with Crippen LogP contribution in [0.5, 0.6) is 0 Å². The molecule has 0 aromatic heterocycles. The van der Waals surface area contributed by atoms with E-state index >= 15 is 0 Å². The molecular weight excluding hydrogens is 212 g/mol. The Morgan fingerprint density at radius 2 is 1.94 bits per heavy atom. The van der Waals surface area contributed by atoms with Gasteiger partial charge in [0.05, 0.1) is 11.7 Å². The summed E-state index contributed by atoms with van der Waals surface area (Å²) in [7, 11) is 1.75. The van der Waals surface area contributed by atoms with E-state index in [0.717, 1.165) is 37.0 Å². The van der Waals surface area contributed by atoms with Gasteiger partial charge in [-0.1, -0.05) is 20.3 Å². The molecule has 17 heavy (non-hydrogen) atoms. The van der Waals surface area contributed by atoms with E-state index in [1.54, 1.807) is 7.11 Å². The van der Waals surface area contributed by atoms with Crippen LogP contribution < -0.4 is 0 Å². The summed E-state index contributed by atoms with van der Waals surface area (Å²) in [5.74, 6) is 2.63. The largest absolute Gasteiger partial charge is 0.390 e. The third-order valence-corrected chi connectivity index (χ3v) is 5.62. The zero-order valence-corrected chi connectivity index (χ0v) is 11.6. The predicted molar refractivity (Wildman–Crippen MR) is 69.9 cm³/mol. The Morgan fingerprint density at radius 3 is 2.35 bits per heavy atom. The summed E-state index contributed by atoms with van der Waals surface area (Å²) in [5, 5.41) is 10.5. The van der Waals surface area contributed by atoms with Crippen LogP contribution in [0.4, 0.5) is 0 Å². The zero-order valence-electron chi connectivity index (χ0n) is 11.6. The van der Waals surface area contributed by atoms with Gasteiger partial charge in [-0.05, 0) is 56.3 Å². The average molecular weight is 240 g/mol. The smallest absolute Gasteiger partial charge is 0.0931 e. The molecule has 2 heteroatoms. The highest BCUT2D eigenvalue weighted by Gasteiger charge is 2.43. The van der Waals surface area contributed by atoms with Crippen molar-refractivity contribution in [2.45, 2.75) is 70.5 Å². The van der Waals surface area contributed by atoms with E-state index in [0.29, 0.717) is 0 Å². The highest BCUT2D eigenvalue weighted by molar-refractivity contribution is 4.94. The Labute approximate surface area is 106 Å².